The maximum absolute atomic E-state index is 12.7. The number of phenolic OH excluding ortho intramolecular Hbond substituents is 1. The van der Waals surface area contributed by atoms with Gasteiger partial charge in [0.2, 0.25) is 12.7 Å². The van der Waals surface area contributed by atoms with Crippen molar-refractivity contribution in [2.45, 2.75) is 6.42 Å². The van der Waals surface area contributed by atoms with Crippen LogP contribution in [-0.2, 0) is 11.2 Å². The molecule has 1 fully saturated rings. The van der Waals surface area contributed by atoms with Crippen LogP contribution in [0, 0.1) is 0 Å². The van der Waals surface area contributed by atoms with Crippen molar-refractivity contribution in [1.82, 2.24) is 9.88 Å². The average Bonchev–Trinajstić information content (AvgIpc) is 3.48. The van der Waals surface area contributed by atoms with E-state index in [0.29, 0.717) is 54.1 Å². The van der Waals surface area contributed by atoms with Gasteiger partial charge in [-0.2, -0.15) is 0 Å². The standard InChI is InChI=1S/C23H22N4O5S/c28-18-4-2-1-3-17(18)26-7-9-27(10-8-26)21(29)12-16-13-33-23(24-16)25-22(30)15-5-6-19-20(11-15)32-14-31-19/h1-6,11,13,28H,7-10,12,14H2,(H,24,25,30). The second-order valence-electron chi connectivity index (χ2n) is 7.70. The Labute approximate surface area is 194 Å². The second kappa shape index (κ2) is 8.99. The van der Waals surface area contributed by atoms with Crippen molar-refractivity contribution in [3.8, 4) is 17.2 Å². The molecule has 0 aliphatic carbocycles. The summed E-state index contributed by atoms with van der Waals surface area (Å²) >= 11 is 1.28. The predicted octanol–water partition coefficient (Wildman–Crippen LogP) is 2.72. The molecule has 2 aromatic carbocycles. The Morgan fingerprint density at radius 2 is 1.85 bits per heavy atom. The molecule has 2 amide bonds. The molecule has 2 aliphatic rings. The summed E-state index contributed by atoms with van der Waals surface area (Å²) in [5.74, 6) is 1.08. The summed E-state index contributed by atoms with van der Waals surface area (Å²) in [5, 5.41) is 15.0. The molecule has 1 saturated heterocycles. The first kappa shape index (κ1) is 21.1. The first-order valence-electron chi connectivity index (χ1n) is 10.5. The molecule has 5 rings (SSSR count). The van der Waals surface area contributed by atoms with Gasteiger partial charge in [0.15, 0.2) is 16.6 Å². The Morgan fingerprint density at radius 3 is 2.67 bits per heavy atom. The van der Waals surface area contributed by atoms with Crippen LogP contribution in [0.25, 0.3) is 0 Å². The Balaban J connectivity index is 1.14. The summed E-state index contributed by atoms with van der Waals surface area (Å²) in [6, 6.07) is 12.2. The number of carbonyl (C=O) groups is 2. The van der Waals surface area contributed by atoms with E-state index >= 15 is 0 Å². The number of ether oxygens (including phenoxy) is 2. The highest BCUT2D eigenvalue weighted by atomic mass is 32.1. The lowest BCUT2D eigenvalue weighted by atomic mass is 10.2. The molecule has 3 aromatic rings. The number of nitrogens with zero attached hydrogens (tertiary/aromatic N) is 3. The SMILES string of the molecule is O=C(Nc1nc(CC(=O)N2CCN(c3ccccc3O)CC2)cs1)c1ccc2c(c1)OCO2. The number of rotatable bonds is 5. The zero-order valence-electron chi connectivity index (χ0n) is 17.7. The van der Waals surface area contributed by atoms with Gasteiger partial charge in [-0.1, -0.05) is 12.1 Å². The van der Waals surface area contributed by atoms with E-state index in [1.54, 1.807) is 40.6 Å². The molecular formula is C23H22N4O5S. The van der Waals surface area contributed by atoms with Gasteiger partial charge >= 0.3 is 0 Å². The predicted molar refractivity (Wildman–Crippen MR) is 123 cm³/mol. The summed E-state index contributed by atoms with van der Waals surface area (Å²) in [4.78, 5) is 33.6. The van der Waals surface area contributed by atoms with E-state index < -0.39 is 0 Å². The number of anilines is 2. The van der Waals surface area contributed by atoms with Crippen LogP contribution in [0.1, 0.15) is 16.1 Å². The lowest BCUT2D eigenvalue weighted by Crippen LogP contribution is -2.49. The van der Waals surface area contributed by atoms with Gasteiger partial charge < -0.3 is 24.4 Å². The number of fused-ring (bicyclic) bond motifs is 1. The van der Waals surface area contributed by atoms with Crippen LogP contribution in [0.4, 0.5) is 10.8 Å². The molecule has 9 nitrogen and oxygen atoms in total. The summed E-state index contributed by atoms with van der Waals surface area (Å²) in [7, 11) is 0. The topological polar surface area (TPSA) is 104 Å². The fourth-order valence-corrected chi connectivity index (χ4v) is 4.55. The Hall–Kier alpha value is -3.79. The van der Waals surface area contributed by atoms with Gasteiger partial charge in [-0.25, -0.2) is 4.98 Å². The van der Waals surface area contributed by atoms with Crippen LogP contribution >= 0.6 is 11.3 Å². The fraction of sp³-hybridized carbons (Fsp3) is 0.261. The average molecular weight is 467 g/mol. The Bertz CT molecular complexity index is 1190. The third kappa shape index (κ3) is 4.56. The molecule has 1 aromatic heterocycles. The number of para-hydroxylation sites is 2. The molecule has 10 heteroatoms. The normalized spacial score (nSPS) is 14.9. The van der Waals surface area contributed by atoms with E-state index in [0.717, 1.165) is 5.69 Å². The van der Waals surface area contributed by atoms with Crippen molar-refractivity contribution >= 4 is 34.0 Å². The quantitative estimate of drug-likeness (QED) is 0.596. The Morgan fingerprint density at radius 1 is 1.06 bits per heavy atom. The van der Waals surface area contributed by atoms with Crippen molar-refractivity contribution in [1.29, 1.82) is 0 Å². The monoisotopic (exact) mass is 466 g/mol. The number of benzene rings is 2. The molecule has 0 bridgehead atoms. The highest BCUT2D eigenvalue weighted by Gasteiger charge is 2.23. The molecular weight excluding hydrogens is 444 g/mol. The molecule has 2 aliphatic heterocycles. The van der Waals surface area contributed by atoms with E-state index in [2.05, 4.69) is 15.2 Å². The van der Waals surface area contributed by atoms with Crippen LogP contribution in [0.2, 0.25) is 0 Å². The third-order valence-corrected chi connectivity index (χ3v) is 6.40. The van der Waals surface area contributed by atoms with Crippen LogP contribution < -0.4 is 19.7 Å². The second-order valence-corrected chi connectivity index (χ2v) is 8.56. The number of carbonyl (C=O) groups excluding carboxylic acids is 2. The largest absolute Gasteiger partial charge is 0.506 e. The van der Waals surface area contributed by atoms with E-state index in [1.165, 1.54) is 11.3 Å². The molecule has 33 heavy (non-hydrogen) atoms. The first-order valence-corrected chi connectivity index (χ1v) is 11.4. The maximum Gasteiger partial charge on any atom is 0.257 e. The van der Waals surface area contributed by atoms with Crippen molar-refractivity contribution < 1.29 is 24.2 Å². The van der Waals surface area contributed by atoms with Gasteiger partial charge in [-0.05, 0) is 30.3 Å². The summed E-state index contributed by atoms with van der Waals surface area (Å²) < 4.78 is 10.6. The summed E-state index contributed by atoms with van der Waals surface area (Å²) in [6.45, 7) is 2.60. The molecule has 0 radical (unpaired) electrons. The summed E-state index contributed by atoms with van der Waals surface area (Å²) in [5.41, 5.74) is 1.84. The zero-order valence-corrected chi connectivity index (χ0v) is 18.5. The molecule has 0 spiro atoms. The minimum absolute atomic E-state index is 0.00844. The van der Waals surface area contributed by atoms with Crippen LogP contribution in [0.15, 0.2) is 47.8 Å². The molecule has 3 heterocycles. The zero-order chi connectivity index (χ0) is 22.8. The molecule has 0 unspecified atom stereocenters. The van der Waals surface area contributed by atoms with E-state index in [-0.39, 0.29) is 30.8 Å². The molecule has 2 N–H and O–H groups in total. The number of nitrogens with one attached hydrogen (secondary N) is 1. The number of piperazine rings is 1. The van der Waals surface area contributed by atoms with Gasteiger partial charge in [-0.3, -0.25) is 14.9 Å². The van der Waals surface area contributed by atoms with Gasteiger partial charge in [0.05, 0.1) is 17.8 Å². The fourth-order valence-electron chi connectivity index (χ4n) is 3.85. The maximum atomic E-state index is 12.7. The van der Waals surface area contributed by atoms with Gasteiger partial charge in [0.25, 0.3) is 5.91 Å². The Kier molecular flexibility index (Phi) is 5.74. The lowest BCUT2D eigenvalue weighted by molar-refractivity contribution is -0.130. The highest BCUT2D eigenvalue weighted by molar-refractivity contribution is 7.14. The van der Waals surface area contributed by atoms with Crippen LogP contribution in [0.5, 0.6) is 17.2 Å². The minimum Gasteiger partial charge on any atom is -0.506 e. The number of hydrogen-bond donors (Lipinski definition) is 2. The van der Waals surface area contributed by atoms with E-state index in [4.69, 9.17) is 9.47 Å². The van der Waals surface area contributed by atoms with Crippen molar-refractivity contribution in [2.75, 3.05) is 43.2 Å². The smallest absolute Gasteiger partial charge is 0.257 e. The van der Waals surface area contributed by atoms with Gasteiger partial charge in [-0.15, -0.1) is 11.3 Å². The number of aromatic hydroxyl groups is 1. The molecule has 170 valence electrons. The number of hydrogen-bond acceptors (Lipinski definition) is 8. The number of amides is 2. The lowest BCUT2D eigenvalue weighted by Gasteiger charge is -2.36. The molecule has 0 atom stereocenters. The number of thiazole rings is 1. The highest BCUT2D eigenvalue weighted by Crippen LogP contribution is 2.33. The van der Waals surface area contributed by atoms with Gasteiger partial charge in [0, 0.05) is 37.1 Å². The van der Waals surface area contributed by atoms with Crippen LogP contribution in [0.3, 0.4) is 0 Å². The van der Waals surface area contributed by atoms with Crippen molar-refractivity contribution in [3.63, 3.8) is 0 Å². The third-order valence-electron chi connectivity index (χ3n) is 5.59. The first-order chi connectivity index (χ1) is 16.1. The number of phenols is 1. The van der Waals surface area contributed by atoms with Gasteiger partial charge in [0.1, 0.15) is 5.75 Å². The van der Waals surface area contributed by atoms with E-state index in [9.17, 15) is 14.7 Å². The number of aromatic nitrogens is 1. The van der Waals surface area contributed by atoms with Crippen LogP contribution in [-0.4, -0.2) is 59.8 Å². The van der Waals surface area contributed by atoms with Crippen molar-refractivity contribution in [2.24, 2.45) is 0 Å². The van der Waals surface area contributed by atoms with E-state index in [1.807, 2.05) is 12.1 Å². The summed E-state index contributed by atoms with van der Waals surface area (Å²) in [6.07, 6.45) is 0.174. The van der Waals surface area contributed by atoms with Crippen molar-refractivity contribution in [3.05, 3.63) is 59.1 Å². The molecule has 0 saturated carbocycles. The minimum atomic E-state index is -0.305.